The summed E-state index contributed by atoms with van der Waals surface area (Å²) in [4.78, 5) is 27.3. The van der Waals surface area contributed by atoms with Gasteiger partial charge in [0.2, 0.25) is 0 Å². The number of benzene rings is 2. The number of amides is 1. The highest BCUT2D eigenvalue weighted by atomic mass is 79.9. The molecule has 6 nitrogen and oxygen atoms in total. The molecule has 0 atom stereocenters. The molecule has 150 valence electrons. The van der Waals surface area contributed by atoms with Crippen LogP contribution in [0.15, 0.2) is 57.1 Å². The molecule has 29 heavy (non-hydrogen) atoms. The summed E-state index contributed by atoms with van der Waals surface area (Å²) < 4.78 is 11.3. The Balaban J connectivity index is 1.98. The first-order chi connectivity index (χ1) is 13.8. The molecule has 3 rings (SSSR count). The zero-order valence-corrected chi connectivity index (χ0v) is 19.5. The number of thiocarbonyl (C=S) groups is 1. The minimum atomic E-state index is -0.485. The van der Waals surface area contributed by atoms with E-state index in [1.165, 1.54) is 12.0 Å². The Labute approximate surface area is 190 Å². The summed E-state index contributed by atoms with van der Waals surface area (Å²) >= 11 is 12.4. The molecule has 0 radical (unpaired) electrons. The van der Waals surface area contributed by atoms with Gasteiger partial charge in [0.25, 0.3) is 5.91 Å². The molecular weight excluding hydrogens is 524 g/mol. The minimum Gasteiger partial charge on any atom is -0.480 e. The topological polar surface area (TPSA) is 59.1 Å². The molecule has 0 bridgehead atoms. The summed E-state index contributed by atoms with van der Waals surface area (Å²) in [6.45, 7) is -0.215. The molecule has 0 aliphatic carbocycles. The van der Waals surface area contributed by atoms with Gasteiger partial charge in [-0.2, -0.15) is 0 Å². The number of hydrogen-bond donors (Lipinski definition) is 0. The van der Waals surface area contributed by atoms with Gasteiger partial charge in [-0.25, -0.2) is 4.79 Å². The summed E-state index contributed by atoms with van der Waals surface area (Å²) in [5.74, 6) is -0.221. The van der Waals surface area contributed by atoms with Crippen molar-refractivity contribution in [2.24, 2.45) is 0 Å². The first-order valence-corrected chi connectivity index (χ1v) is 10.4. The molecule has 0 saturated carbocycles. The number of methoxy groups -OCH3 is 1. The van der Waals surface area contributed by atoms with Crippen LogP contribution in [0.1, 0.15) is 5.56 Å². The van der Waals surface area contributed by atoms with Gasteiger partial charge in [-0.1, -0.05) is 18.2 Å². The number of anilines is 1. The van der Waals surface area contributed by atoms with Gasteiger partial charge in [0, 0.05) is 12.7 Å². The summed E-state index contributed by atoms with van der Waals surface area (Å²) in [5.41, 5.74) is 1.99. The molecule has 2 aromatic rings. The predicted octanol–water partition coefficient (Wildman–Crippen LogP) is 4.37. The monoisotopic (exact) mass is 538 g/mol. The van der Waals surface area contributed by atoms with Crippen LogP contribution in [0.5, 0.6) is 5.75 Å². The van der Waals surface area contributed by atoms with Gasteiger partial charge in [0.05, 0.1) is 16.1 Å². The molecule has 9 heteroatoms. The van der Waals surface area contributed by atoms with Crippen LogP contribution in [-0.2, 0) is 14.3 Å². The number of hydrogen-bond acceptors (Lipinski definition) is 5. The lowest BCUT2D eigenvalue weighted by Gasteiger charge is -2.18. The second-order valence-electron chi connectivity index (χ2n) is 6.03. The second-order valence-corrected chi connectivity index (χ2v) is 8.10. The van der Waals surface area contributed by atoms with Crippen LogP contribution in [0.2, 0.25) is 0 Å². The van der Waals surface area contributed by atoms with Gasteiger partial charge in [-0.3, -0.25) is 14.6 Å². The summed E-state index contributed by atoms with van der Waals surface area (Å²) in [5, 5.41) is 0.406. The molecule has 1 amide bonds. The van der Waals surface area contributed by atoms with E-state index in [4.69, 9.17) is 17.0 Å². The molecule has 1 fully saturated rings. The quantitative estimate of drug-likeness (QED) is 0.319. The Morgan fingerprint density at radius 1 is 1.17 bits per heavy atom. The molecule has 1 saturated heterocycles. The van der Waals surface area contributed by atoms with E-state index < -0.39 is 5.97 Å². The highest BCUT2D eigenvalue weighted by Gasteiger charge is 2.36. The van der Waals surface area contributed by atoms with Gasteiger partial charge in [-0.05, 0) is 80.0 Å². The van der Waals surface area contributed by atoms with Crippen molar-refractivity contribution in [2.45, 2.75) is 0 Å². The molecular formula is C20H16Br2N2O4S. The largest absolute Gasteiger partial charge is 0.480 e. The Morgan fingerprint density at radius 3 is 2.38 bits per heavy atom. The van der Waals surface area contributed by atoms with Crippen molar-refractivity contribution >= 4 is 72.8 Å². The lowest BCUT2D eigenvalue weighted by atomic mass is 10.1. The highest BCUT2D eigenvalue weighted by molar-refractivity contribution is 9.11. The van der Waals surface area contributed by atoms with Crippen LogP contribution in [-0.4, -0.2) is 42.7 Å². The van der Waals surface area contributed by atoms with Crippen LogP contribution in [0, 0.1) is 0 Å². The van der Waals surface area contributed by atoms with Crippen molar-refractivity contribution in [1.29, 1.82) is 0 Å². The molecule has 0 aromatic heterocycles. The SMILES string of the molecule is COC(=O)COc1c(Br)cc(/C=C2\C(=O)N(C)C(=S)N2c2ccccc2)cc1Br. The minimum absolute atomic E-state index is 0.197. The van der Waals surface area contributed by atoms with Crippen molar-refractivity contribution in [3.63, 3.8) is 0 Å². The maximum absolute atomic E-state index is 12.8. The smallest absolute Gasteiger partial charge is 0.343 e. The number of halogens is 2. The lowest BCUT2D eigenvalue weighted by molar-refractivity contribution is -0.142. The molecule has 1 aliphatic heterocycles. The summed E-state index contributed by atoms with van der Waals surface area (Å²) in [6.07, 6.45) is 1.75. The van der Waals surface area contributed by atoms with E-state index in [9.17, 15) is 9.59 Å². The predicted molar refractivity (Wildman–Crippen MR) is 122 cm³/mol. The number of likely N-dealkylation sites (N-methyl/N-ethyl adjacent to an activating group) is 1. The van der Waals surface area contributed by atoms with Crippen LogP contribution >= 0.6 is 44.1 Å². The Bertz CT molecular complexity index is 988. The van der Waals surface area contributed by atoms with Crippen molar-refractivity contribution in [3.8, 4) is 5.75 Å². The fourth-order valence-corrected chi connectivity index (χ4v) is 4.45. The van der Waals surface area contributed by atoms with Crippen molar-refractivity contribution in [1.82, 2.24) is 4.90 Å². The number of para-hydroxylation sites is 1. The lowest BCUT2D eigenvalue weighted by Crippen LogP contribution is -2.29. The molecule has 1 heterocycles. The van der Waals surface area contributed by atoms with Gasteiger partial charge in [0.1, 0.15) is 11.4 Å². The number of nitrogens with zero attached hydrogens (tertiary/aromatic N) is 2. The number of carbonyl (C=O) groups excluding carboxylic acids is 2. The highest BCUT2D eigenvalue weighted by Crippen LogP contribution is 2.36. The maximum Gasteiger partial charge on any atom is 0.343 e. The third kappa shape index (κ3) is 4.52. The van der Waals surface area contributed by atoms with E-state index >= 15 is 0 Å². The maximum atomic E-state index is 12.8. The van der Waals surface area contributed by atoms with E-state index in [2.05, 4.69) is 36.6 Å². The van der Waals surface area contributed by atoms with Gasteiger partial charge >= 0.3 is 5.97 Å². The van der Waals surface area contributed by atoms with Crippen molar-refractivity contribution in [2.75, 3.05) is 25.7 Å². The van der Waals surface area contributed by atoms with Crippen LogP contribution in [0.3, 0.4) is 0 Å². The summed E-state index contributed by atoms with van der Waals surface area (Å²) in [7, 11) is 2.95. The van der Waals surface area contributed by atoms with E-state index in [0.717, 1.165) is 11.3 Å². The van der Waals surface area contributed by atoms with Gasteiger partial charge in [-0.15, -0.1) is 0 Å². The molecule has 0 unspecified atom stereocenters. The van der Waals surface area contributed by atoms with Crippen molar-refractivity contribution < 1.29 is 19.1 Å². The Morgan fingerprint density at radius 2 is 1.79 bits per heavy atom. The zero-order valence-electron chi connectivity index (χ0n) is 15.5. The van der Waals surface area contributed by atoms with E-state index in [1.54, 1.807) is 30.2 Å². The normalized spacial score (nSPS) is 15.2. The Kier molecular flexibility index (Phi) is 6.71. The van der Waals surface area contributed by atoms with E-state index in [1.807, 2.05) is 30.3 Å². The third-order valence-electron chi connectivity index (χ3n) is 4.14. The fraction of sp³-hybridized carbons (Fsp3) is 0.150. The molecule has 0 N–H and O–H groups in total. The number of esters is 1. The van der Waals surface area contributed by atoms with Crippen molar-refractivity contribution in [3.05, 3.63) is 62.7 Å². The Hall–Kier alpha value is -2.23. The van der Waals surface area contributed by atoms with Crippen LogP contribution < -0.4 is 9.64 Å². The third-order valence-corrected chi connectivity index (χ3v) is 5.78. The number of carbonyl (C=O) groups is 2. The summed E-state index contributed by atoms with van der Waals surface area (Å²) in [6, 6.07) is 13.0. The molecule has 1 aliphatic rings. The van der Waals surface area contributed by atoms with Gasteiger partial charge < -0.3 is 9.47 Å². The average Bonchev–Trinajstić information content (AvgIpc) is 2.91. The van der Waals surface area contributed by atoms with Gasteiger partial charge in [0.15, 0.2) is 11.7 Å². The zero-order chi connectivity index (χ0) is 21.1. The number of ether oxygens (including phenoxy) is 2. The second kappa shape index (κ2) is 9.06. The van der Waals surface area contributed by atoms with Crippen LogP contribution in [0.4, 0.5) is 5.69 Å². The first kappa shape index (κ1) is 21.5. The first-order valence-electron chi connectivity index (χ1n) is 8.41. The van der Waals surface area contributed by atoms with E-state index in [-0.39, 0.29) is 12.5 Å². The molecule has 2 aromatic carbocycles. The number of rotatable bonds is 5. The molecule has 0 spiro atoms. The standard InChI is InChI=1S/C20H16Br2N2O4S/c1-23-19(26)16(24(20(23)29)13-6-4-3-5-7-13)10-12-8-14(21)18(15(22)9-12)28-11-17(25)27-2/h3-10H,11H2,1-2H3/b16-10+. The van der Waals surface area contributed by atoms with E-state index in [0.29, 0.717) is 25.5 Å². The van der Waals surface area contributed by atoms with Crippen LogP contribution in [0.25, 0.3) is 6.08 Å². The fourth-order valence-electron chi connectivity index (χ4n) is 2.71. The average molecular weight is 540 g/mol.